The largest absolute Gasteiger partial charge is 0.492 e. The minimum atomic E-state index is 0.469. The molecule has 1 heterocycles. The van der Waals surface area contributed by atoms with Gasteiger partial charge in [0.05, 0.1) is 12.3 Å². The molecule has 2 rings (SSSR count). The van der Waals surface area contributed by atoms with E-state index in [2.05, 4.69) is 20.6 Å². The summed E-state index contributed by atoms with van der Waals surface area (Å²) in [6.45, 7) is 3.94. The molecule has 0 amide bonds. The molecule has 0 aliphatic heterocycles. The Morgan fingerprint density at radius 3 is 2.74 bits per heavy atom. The van der Waals surface area contributed by atoms with Crippen molar-refractivity contribution in [2.75, 3.05) is 43.2 Å². The summed E-state index contributed by atoms with van der Waals surface area (Å²) in [6.07, 6.45) is 2.34. The number of nitrogens with zero attached hydrogens (tertiary/aromatic N) is 2. The molecule has 0 fully saturated rings. The van der Waals surface area contributed by atoms with Gasteiger partial charge in [-0.2, -0.15) is 0 Å². The fourth-order valence-electron chi connectivity index (χ4n) is 2.04. The van der Waals surface area contributed by atoms with Gasteiger partial charge in [-0.25, -0.2) is 9.97 Å². The summed E-state index contributed by atoms with van der Waals surface area (Å²) in [6, 6.07) is 7.65. The first-order chi connectivity index (χ1) is 11.3. The average Bonchev–Trinajstić information content (AvgIpc) is 2.56. The Balaban J connectivity index is 2.11. The van der Waals surface area contributed by atoms with Crippen LogP contribution in [0.4, 0.5) is 23.0 Å². The van der Waals surface area contributed by atoms with E-state index in [0.717, 1.165) is 24.4 Å². The van der Waals surface area contributed by atoms with Crippen molar-refractivity contribution in [2.24, 2.45) is 0 Å². The Hall–Kier alpha value is -2.54. The molecule has 0 radical (unpaired) electrons. The van der Waals surface area contributed by atoms with E-state index in [1.807, 2.05) is 31.2 Å². The van der Waals surface area contributed by atoms with Gasteiger partial charge in [0.25, 0.3) is 0 Å². The van der Waals surface area contributed by atoms with Crippen molar-refractivity contribution < 1.29 is 9.47 Å². The number of methoxy groups -OCH3 is 1. The van der Waals surface area contributed by atoms with E-state index < -0.39 is 0 Å². The maximum Gasteiger partial charge on any atom is 0.159 e. The van der Waals surface area contributed by atoms with Gasteiger partial charge in [-0.05, 0) is 25.5 Å². The monoisotopic (exact) mass is 317 g/mol. The number of para-hydroxylation sites is 2. The molecule has 0 bridgehead atoms. The smallest absolute Gasteiger partial charge is 0.159 e. The zero-order valence-electron chi connectivity index (χ0n) is 13.5. The molecule has 1 aromatic carbocycles. The fourth-order valence-corrected chi connectivity index (χ4v) is 2.04. The number of nitrogens with one attached hydrogen (secondary N) is 2. The molecule has 0 atom stereocenters. The maximum atomic E-state index is 6.15. The summed E-state index contributed by atoms with van der Waals surface area (Å²) in [5.41, 5.74) is 7.43. The van der Waals surface area contributed by atoms with Crippen LogP contribution < -0.4 is 21.1 Å². The minimum absolute atomic E-state index is 0.469. The molecule has 1 aromatic heterocycles. The number of anilines is 4. The van der Waals surface area contributed by atoms with Crippen LogP contribution in [-0.4, -0.2) is 36.8 Å². The van der Waals surface area contributed by atoms with E-state index in [0.29, 0.717) is 30.5 Å². The molecule has 0 unspecified atom stereocenters. The fraction of sp³-hybridized carbons (Fsp3) is 0.375. The molecule has 0 aliphatic rings. The van der Waals surface area contributed by atoms with Crippen LogP contribution in [0.3, 0.4) is 0 Å². The van der Waals surface area contributed by atoms with E-state index in [1.165, 1.54) is 6.33 Å². The predicted molar refractivity (Wildman–Crippen MR) is 92.3 cm³/mol. The Labute approximate surface area is 136 Å². The Morgan fingerprint density at radius 2 is 1.96 bits per heavy atom. The topological polar surface area (TPSA) is 94.3 Å². The molecule has 0 spiro atoms. The van der Waals surface area contributed by atoms with Crippen molar-refractivity contribution >= 4 is 23.0 Å². The Kier molecular flexibility index (Phi) is 6.43. The highest BCUT2D eigenvalue weighted by Crippen LogP contribution is 2.30. The van der Waals surface area contributed by atoms with Crippen molar-refractivity contribution in [1.29, 1.82) is 0 Å². The van der Waals surface area contributed by atoms with Gasteiger partial charge in [-0.15, -0.1) is 0 Å². The first-order valence-corrected chi connectivity index (χ1v) is 7.58. The molecule has 7 nitrogen and oxygen atoms in total. The molecule has 0 saturated carbocycles. The highest BCUT2D eigenvalue weighted by molar-refractivity contribution is 5.79. The number of nitrogen functional groups attached to an aromatic ring is 1. The first kappa shape index (κ1) is 16.8. The van der Waals surface area contributed by atoms with Gasteiger partial charge in [-0.1, -0.05) is 12.1 Å². The lowest BCUT2D eigenvalue weighted by Gasteiger charge is -2.14. The van der Waals surface area contributed by atoms with Crippen LogP contribution in [0.25, 0.3) is 0 Å². The highest BCUT2D eigenvalue weighted by atomic mass is 16.5. The summed E-state index contributed by atoms with van der Waals surface area (Å²) in [5, 5.41) is 6.39. The van der Waals surface area contributed by atoms with Crippen LogP contribution in [0.1, 0.15) is 13.3 Å². The third-order valence-electron chi connectivity index (χ3n) is 3.14. The normalized spacial score (nSPS) is 10.3. The van der Waals surface area contributed by atoms with Crippen molar-refractivity contribution in [1.82, 2.24) is 9.97 Å². The zero-order valence-corrected chi connectivity index (χ0v) is 13.5. The van der Waals surface area contributed by atoms with Crippen LogP contribution >= 0.6 is 0 Å². The predicted octanol–water partition coefficient (Wildman–Crippen LogP) is 2.65. The number of hydrogen-bond acceptors (Lipinski definition) is 7. The van der Waals surface area contributed by atoms with E-state index >= 15 is 0 Å². The summed E-state index contributed by atoms with van der Waals surface area (Å²) in [4.78, 5) is 8.39. The summed E-state index contributed by atoms with van der Waals surface area (Å²) in [5.74, 6) is 1.90. The van der Waals surface area contributed by atoms with Gasteiger partial charge in [0.2, 0.25) is 0 Å². The first-order valence-electron chi connectivity index (χ1n) is 7.58. The minimum Gasteiger partial charge on any atom is -0.492 e. The molecular formula is C16H23N5O2. The van der Waals surface area contributed by atoms with Crippen molar-refractivity contribution in [2.45, 2.75) is 13.3 Å². The lowest BCUT2D eigenvalue weighted by molar-refractivity contribution is 0.198. The quantitative estimate of drug-likeness (QED) is 0.612. The number of benzene rings is 1. The third kappa shape index (κ3) is 4.72. The van der Waals surface area contributed by atoms with Gasteiger partial charge < -0.3 is 25.8 Å². The van der Waals surface area contributed by atoms with Gasteiger partial charge >= 0.3 is 0 Å². The molecule has 7 heteroatoms. The standard InChI is InChI=1S/C16H23N5O2/c1-3-23-13-8-5-4-7-12(13)21-16-14(17)15(19-11-20-16)18-9-6-10-22-2/h4-5,7-8,11H,3,6,9-10,17H2,1-2H3,(H2,18,19,20,21). The van der Waals surface area contributed by atoms with Crippen LogP contribution in [0.5, 0.6) is 5.75 Å². The van der Waals surface area contributed by atoms with Gasteiger partial charge in [-0.3, -0.25) is 0 Å². The molecule has 23 heavy (non-hydrogen) atoms. The molecule has 2 aromatic rings. The van der Waals surface area contributed by atoms with Crippen molar-refractivity contribution in [3.8, 4) is 5.75 Å². The second kappa shape index (κ2) is 8.79. The number of aromatic nitrogens is 2. The Bertz CT molecular complexity index is 621. The Morgan fingerprint density at radius 1 is 1.17 bits per heavy atom. The van der Waals surface area contributed by atoms with Gasteiger partial charge in [0.1, 0.15) is 17.8 Å². The number of rotatable bonds is 9. The second-order valence-corrected chi connectivity index (χ2v) is 4.81. The third-order valence-corrected chi connectivity index (χ3v) is 3.14. The van der Waals surface area contributed by atoms with E-state index in [-0.39, 0.29) is 0 Å². The molecule has 4 N–H and O–H groups in total. The van der Waals surface area contributed by atoms with Crippen LogP contribution in [0.15, 0.2) is 30.6 Å². The molecular weight excluding hydrogens is 294 g/mol. The van der Waals surface area contributed by atoms with E-state index in [1.54, 1.807) is 7.11 Å². The lowest BCUT2D eigenvalue weighted by atomic mass is 10.3. The second-order valence-electron chi connectivity index (χ2n) is 4.81. The van der Waals surface area contributed by atoms with Crippen LogP contribution in [-0.2, 0) is 4.74 Å². The zero-order chi connectivity index (χ0) is 16.5. The number of ether oxygens (including phenoxy) is 2. The molecule has 0 aliphatic carbocycles. The van der Waals surface area contributed by atoms with Crippen molar-refractivity contribution in [3.63, 3.8) is 0 Å². The summed E-state index contributed by atoms with van der Waals surface area (Å²) >= 11 is 0. The van der Waals surface area contributed by atoms with Gasteiger partial charge in [0.15, 0.2) is 11.6 Å². The average molecular weight is 317 g/mol. The van der Waals surface area contributed by atoms with E-state index in [4.69, 9.17) is 15.2 Å². The SMILES string of the molecule is CCOc1ccccc1Nc1ncnc(NCCCOC)c1N. The maximum absolute atomic E-state index is 6.15. The highest BCUT2D eigenvalue weighted by Gasteiger charge is 2.10. The number of hydrogen-bond donors (Lipinski definition) is 3. The lowest BCUT2D eigenvalue weighted by Crippen LogP contribution is -2.10. The summed E-state index contributed by atoms with van der Waals surface area (Å²) < 4.78 is 10.6. The van der Waals surface area contributed by atoms with Crippen LogP contribution in [0.2, 0.25) is 0 Å². The van der Waals surface area contributed by atoms with Gasteiger partial charge in [0, 0.05) is 20.3 Å². The molecule has 0 saturated heterocycles. The van der Waals surface area contributed by atoms with Crippen LogP contribution in [0, 0.1) is 0 Å². The number of nitrogens with two attached hydrogens (primary N) is 1. The molecule has 124 valence electrons. The van der Waals surface area contributed by atoms with E-state index in [9.17, 15) is 0 Å². The summed E-state index contributed by atoms with van der Waals surface area (Å²) in [7, 11) is 1.68. The van der Waals surface area contributed by atoms with Crippen molar-refractivity contribution in [3.05, 3.63) is 30.6 Å².